The van der Waals surface area contributed by atoms with Crippen molar-refractivity contribution in [2.45, 2.75) is 126 Å². The normalized spacial score (nSPS) is 0. The summed E-state index contributed by atoms with van der Waals surface area (Å²) < 4.78 is 0. The minimum Gasteiger partial charge on any atom is -1.00 e. The van der Waals surface area contributed by atoms with E-state index in [-0.39, 0.29) is 982 Å². The van der Waals surface area contributed by atoms with E-state index in [0.29, 0.717) is 0 Å². The van der Waals surface area contributed by atoms with Crippen molar-refractivity contribution in [1.82, 2.24) is 36.9 Å². The van der Waals surface area contributed by atoms with Crippen molar-refractivity contribution in [3.8, 4) is 0 Å². The molecule has 0 amide bonds. The molecule has 12 radical (unpaired) electrons. The van der Waals surface area contributed by atoms with E-state index in [2.05, 4.69) is 0 Å². The van der Waals surface area contributed by atoms with Gasteiger partial charge in [0.05, 0.1) is 0 Å². The van der Waals surface area contributed by atoms with Gasteiger partial charge in [0.1, 0.15) is 0 Å². The number of halogens is 4. The van der Waals surface area contributed by atoms with Gasteiger partial charge in [0.25, 0.3) is 0 Å². The van der Waals surface area contributed by atoms with E-state index in [1.807, 2.05) is 0 Å². The van der Waals surface area contributed by atoms with E-state index in [9.17, 15) is 0 Å². The van der Waals surface area contributed by atoms with Crippen molar-refractivity contribution in [3.63, 3.8) is 0 Å². The molecule has 0 aromatic carbocycles. The van der Waals surface area contributed by atoms with E-state index in [0.717, 1.165) is 0 Å². The second kappa shape index (κ2) is 821. The van der Waals surface area contributed by atoms with Gasteiger partial charge in [-0.15, -0.1) is 95.9 Å². The Morgan fingerprint density at radius 3 is 0.211 bits per heavy atom. The van der Waals surface area contributed by atoms with Crippen molar-refractivity contribution in [2.75, 3.05) is 0 Å². The number of rotatable bonds is 0. The molecule has 4 unspecified atom stereocenters. The van der Waals surface area contributed by atoms with Crippen molar-refractivity contribution < 1.29 is 575 Å². The predicted molar refractivity (Wildman–Crippen MR) is 359 cm³/mol. The average molecular weight is 2700 g/mol. The summed E-state index contributed by atoms with van der Waals surface area (Å²) in [6, 6.07) is 0. The molecule has 0 spiro atoms. The van der Waals surface area contributed by atoms with Crippen molar-refractivity contribution in [3.05, 3.63) is 0 Å². The van der Waals surface area contributed by atoms with E-state index in [1.165, 1.54) is 0 Å². The Labute approximate surface area is 954 Å². The zero-order valence-electron chi connectivity index (χ0n) is 27.7. The number of hydrogen-bond acceptors (Lipinski definition) is 6. The topological polar surface area (TPSA) is 210 Å². The summed E-state index contributed by atoms with van der Waals surface area (Å²) in [5.41, 5.74) is 0. The van der Waals surface area contributed by atoms with Crippen LogP contribution in [0.5, 0.6) is 0 Å². The van der Waals surface area contributed by atoms with Gasteiger partial charge >= 0.3 is 206 Å². The zero-order valence-corrected chi connectivity index (χ0v) is 90.4. The van der Waals surface area contributed by atoms with Gasteiger partial charge in [0.2, 0.25) is 0 Å². The monoisotopic (exact) mass is 2700 g/mol. The van der Waals surface area contributed by atoms with Gasteiger partial charge in [0, 0.05) is 364 Å². The first-order valence-electron chi connectivity index (χ1n) is 0. The first kappa shape index (κ1) is 852. The van der Waals surface area contributed by atoms with E-state index < -0.39 is 0 Å². The van der Waals surface area contributed by atoms with Crippen LogP contribution in [0.2, 0.25) is 0 Å². The molecular formula is C17H142I4K4N6P4S8V6W2Y6. The third kappa shape index (κ3) is 800. The van der Waals surface area contributed by atoms with Gasteiger partial charge in [-0.05, 0) is 0 Å². The largest absolute Gasteiger partial charge is 1.00 e. The van der Waals surface area contributed by atoms with Crippen molar-refractivity contribution in [2.24, 2.45) is 0 Å². The molecule has 0 saturated heterocycles. The smallest absolute Gasteiger partial charge is 1.00 e. The maximum Gasteiger partial charge on any atom is 1.00 e. The Kier molecular flexibility index (Phi) is 12300. The fourth-order valence-corrected chi connectivity index (χ4v) is 0. The maximum atomic E-state index is 0. The zero-order chi connectivity index (χ0) is 0. The van der Waals surface area contributed by atoms with Crippen LogP contribution >= 0.6 is 243 Å². The summed E-state index contributed by atoms with van der Waals surface area (Å²) in [6.45, 7) is 0. The van der Waals surface area contributed by atoms with Gasteiger partial charge in [-0.1, -0.05) is 126 Å². The Bertz CT molecular complexity index is 217. The van der Waals surface area contributed by atoms with Crippen LogP contribution in [0.15, 0.2) is 0 Å². The van der Waals surface area contributed by atoms with Crippen LogP contribution in [-0.4, -0.2) is 0 Å². The minimum absolute atomic E-state index is 0. The summed E-state index contributed by atoms with van der Waals surface area (Å²) >= 11 is 0. The van der Waals surface area contributed by atoms with Crippen LogP contribution in [0, 0.1) is 0 Å². The van der Waals surface area contributed by atoms with E-state index in [4.69, 9.17) is 0 Å². The van der Waals surface area contributed by atoms with Crippen LogP contribution in [-0.2, 0) is 350 Å². The second-order valence-corrected chi connectivity index (χ2v) is 0. The van der Waals surface area contributed by atoms with Crippen LogP contribution in [0.4, 0.5) is 0 Å². The molecule has 18 N–H and O–H groups in total. The molecule has 0 heterocycles. The molecule has 40 heteroatoms. The molecule has 0 rings (SSSR count). The molecule has 0 bridgehead atoms. The quantitative estimate of drug-likeness (QED) is 0.0934. The predicted octanol–water partition coefficient (Wildman–Crippen LogP) is 6.28. The standard InChI is InChI=1S/17CH4.4HI.4K.6H3N.4H3P.8H2S.6V.2W.6Y.10H2.4H/h17*1H4;4*1H;;;;;10*1H3;8*1H2;;;;;;;;;;;;;;;10*1H;;;;/q;;;;;;;;;;;;;;;;;;;;;4*+1;;;;;;;;;;;;;;;;;;;;;;;;;;;;;;;;;;;;;;;;;;;4*-1/i;;;;;;;;;;;;;;;;;;;;;;;;;;;;;;;;;;;;;;;;;;;;;;;;;;;;;;;;;6*1+2;4*1+1;;;;. The third-order valence-electron chi connectivity index (χ3n) is 0. The molecule has 6 nitrogen and oxygen atoms in total. The van der Waals surface area contributed by atoms with Crippen LogP contribution < -0.4 is 242 Å². The SMILES string of the molecule is C.C.C.C.C.C.C.C.C.C.C.C.C.C.C.C.C.I.I.I.I.N.N.N.N.N.N.P.P.P.P.S.S.S.S.S.S.S.S.[2HH].[2HH].[2HH].[2HH].[3HH].[3HH].[3HH].[3HH].[3HH].[3HH].[H-].[H-].[H-].[H-].[K+].[K+].[K+].[K+].[V].[V].[V].[V].[V].[V].[W].[W].[Y].[Y].[Y].[Y].[Y].[Y]. The van der Waals surface area contributed by atoms with Gasteiger partial charge in [0.15, 0.2) is 0 Å². The summed E-state index contributed by atoms with van der Waals surface area (Å²) in [7, 11) is 0. The Morgan fingerprint density at radius 1 is 0.211 bits per heavy atom. The van der Waals surface area contributed by atoms with Crippen molar-refractivity contribution in [1.29, 1.82) is 0 Å². The first-order valence-corrected chi connectivity index (χ1v) is 0. The Hall–Kier alpha value is 25.3. The molecule has 0 saturated carbocycles. The van der Waals surface area contributed by atoms with Gasteiger partial charge in [-0.3, -0.25) is 0 Å². The average Bonchev–Trinajstić information content (AvgIpc) is 0. The molecule has 0 aliphatic rings. The fraction of sp³-hybridized carbons (Fsp3) is 1.00. The molecule has 0 aromatic rings. The van der Waals surface area contributed by atoms with Gasteiger partial charge in [-0.2, -0.15) is 148 Å². The first-order chi connectivity index (χ1) is 0. The fourth-order valence-electron chi connectivity index (χ4n) is 0. The van der Waals surface area contributed by atoms with Gasteiger partial charge < -0.3 is 42.6 Å². The summed E-state index contributed by atoms with van der Waals surface area (Å²) in [4.78, 5) is 0. The molecular weight excluding hydrogens is 2540 g/mol. The molecule has 57 heavy (non-hydrogen) atoms. The second-order valence-electron chi connectivity index (χ2n) is 0. The molecule has 4 atom stereocenters. The molecule has 0 aliphatic carbocycles. The third-order valence-corrected chi connectivity index (χ3v) is 0. The summed E-state index contributed by atoms with van der Waals surface area (Å²) in [6.07, 6.45) is 0. The minimum atomic E-state index is 0. The molecule has 0 fully saturated rings. The van der Waals surface area contributed by atoms with Crippen LogP contribution in [0.25, 0.3) is 0 Å². The molecule has 0 aromatic heterocycles. The van der Waals surface area contributed by atoms with E-state index in [1.54, 1.807) is 0 Å². The Balaban J connectivity index is 0. The Morgan fingerprint density at radius 2 is 0.211 bits per heavy atom. The summed E-state index contributed by atoms with van der Waals surface area (Å²) in [5, 5.41) is 0. The van der Waals surface area contributed by atoms with E-state index >= 15 is 0 Å². The molecule has 400 valence electrons. The molecule has 0 aliphatic heterocycles. The number of hydrogen-bond donors (Lipinski definition) is 6. The van der Waals surface area contributed by atoms with Crippen LogP contribution in [0.3, 0.4) is 0 Å². The maximum absolute atomic E-state index is 0. The van der Waals surface area contributed by atoms with Gasteiger partial charge in [-0.25, -0.2) is 0 Å². The summed E-state index contributed by atoms with van der Waals surface area (Å²) in [5.74, 6) is 0. The van der Waals surface area contributed by atoms with Crippen LogP contribution in [0.1, 0.15) is 146 Å². The van der Waals surface area contributed by atoms with Crippen molar-refractivity contribution >= 4 is 243 Å².